The Hall–Kier alpha value is -3.54. The number of aromatic nitrogens is 1. The molecule has 0 radical (unpaired) electrons. The fourth-order valence-electron chi connectivity index (χ4n) is 4.17. The first-order valence-corrected chi connectivity index (χ1v) is 12.9. The van der Waals surface area contributed by atoms with Gasteiger partial charge in [-0.3, -0.25) is 9.59 Å². The van der Waals surface area contributed by atoms with E-state index in [2.05, 4.69) is 54.9 Å². The molecule has 0 saturated heterocycles. The predicted molar refractivity (Wildman–Crippen MR) is 144 cm³/mol. The van der Waals surface area contributed by atoms with Gasteiger partial charge in [0.15, 0.2) is 6.61 Å². The van der Waals surface area contributed by atoms with Crippen molar-refractivity contribution in [3.8, 4) is 5.75 Å². The lowest BCUT2D eigenvalue weighted by atomic mass is 10.1. The Labute approximate surface area is 215 Å². The number of benzene rings is 2. The van der Waals surface area contributed by atoms with Crippen LogP contribution in [0.4, 0.5) is 0 Å². The van der Waals surface area contributed by atoms with Gasteiger partial charge in [-0.05, 0) is 49.6 Å². The second kappa shape index (κ2) is 14.1. The summed E-state index contributed by atoms with van der Waals surface area (Å²) in [6, 6.07) is 21.9. The first-order valence-electron chi connectivity index (χ1n) is 12.9. The van der Waals surface area contributed by atoms with Crippen molar-refractivity contribution in [1.29, 1.82) is 0 Å². The van der Waals surface area contributed by atoms with Gasteiger partial charge in [0.1, 0.15) is 5.75 Å². The fourth-order valence-corrected chi connectivity index (χ4v) is 4.17. The topological polar surface area (TPSA) is 54.8 Å². The van der Waals surface area contributed by atoms with Crippen molar-refractivity contribution >= 4 is 11.8 Å². The fraction of sp³-hybridized carbons (Fsp3) is 0.400. The number of carbonyl (C=O) groups excluding carboxylic acids is 2. The Morgan fingerprint density at radius 2 is 1.67 bits per heavy atom. The molecule has 0 unspecified atom stereocenters. The van der Waals surface area contributed by atoms with Crippen LogP contribution in [-0.2, 0) is 22.7 Å². The maximum Gasteiger partial charge on any atom is 0.260 e. The highest BCUT2D eigenvalue weighted by Crippen LogP contribution is 2.14. The molecule has 2 aromatic carbocycles. The number of rotatable bonds is 14. The molecule has 192 valence electrons. The van der Waals surface area contributed by atoms with Crippen LogP contribution in [0.3, 0.4) is 0 Å². The molecule has 0 fully saturated rings. The molecule has 0 bridgehead atoms. The van der Waals surface area contributed by atoms with Crippen molar-refractivity contribution in [2.75, 3.05) is 26.2 Å². The third-order valence-electron chi connectivity index (χ3n) is 6.12. The molecule has 0 N–H and O–H groups in total. The SMILES string of the molecule is CCCCN(Cc1cccn1Cc1cccc(C)c1)C(=O)CN(CCC)C(=O)COc1ccccc1. The lowest BCUT2D eigenvalue weighted by molar-refractivity contribution is -0.142. The number of aryl methyl sites for hydroxylation is 1. The molecule has 0 aliphatic heterocycles. The van der Waals surface area contributed by atoms with Gasteiger partial charge in [-0.2, -0.15) is 0 Å². The monoisotopic (exact) mass is 489 g/mol. The van der Waals surface area contributed by atoms with E-state index in [0.29, 0.717) is 25.4 Å². The van der Waals surface area contributed by atoms with Crippen LogP contribution in [0.2, 0.25) is 0 Å². The highest BCUT2D eigenvalue weighted by Gasteiger charge is 2.22. The van der Waals surface area contributed by atoms with E-state index >= 15 is 0 Å². The van der Waals surface area contributed by atoms with E-state index in [1.54, 1.807) is 4.90 Å². The maximum absolute atomic E-state index is 13.4. The van der Waals surface area contributed by atoms with Crippen molar-refractivity contribution in [3.05, 3.63) is 89.7 Å². The third-order valence-corrected chi connectivity index (χ3v) is 6.12. The predicted octanol–water partition coefficient (Wildman–Crippen LogP) is 5.29. The van der Waals surface area contributed by atoms with Gasteiger partial charge in [0.25, 0.3) is 5.91 Å². The summed E-state index contributed by atoms with van der Waals surface area (Å²) in [6.07, 6.45) is 4.76. The molecule has 2 amide bonds. The van der Waals surface area contributed by atoms with E-state index in [9.17, 15) is 9.59 Å². The van der Waals surface area contributed by atoms with Crippen LogP contribution >= 0.6 is 0 Å². The Morgan fingerprint density at radius 3 is 2.39 bits per heavy atom. The number of nitrogens with zero attached hydrogens (tertiary/aromatic N) is 3. The molecule has 1 heterocycles. The summed E-state index contributed by atoms with van der Waals surface area (Å²) in [5.41, 5.74) is 3.55. The zero-order chi connectivity index (χ0) is 25.8. The van der Waals surface area contributed by atoms with Crippen LogP contribution in [-0.4, -0.2) is 52.4 Å². The minimum atomic E-state index is -0.174. The number of para-hydroxylation sites is 1. The van der Waals surface area contributed by atoms with Crippen LogP contribution in [0.1, 0.15) is 49.9 Å². The van der Waals surface area contributed by atoms with E-state index in [4.69, 9.17) is 4.74 Å². The van der Waals surface area contributed by atoms with Crippen molar-refractivity contribution in [2.24, 2.45) is 0 Å². The Kier molecular flexibility index (Phi) is 10.6. The number of unbranched alkanes of at least 4 members (excludes halogenated alkanes) is 1. The molecule has 1 aromatic heterocycles. The molecular weight excluding hydrogens is 450 g/mol. The molecule has 3 rings (SSSR count). The average molecular weight is 490 g/mol. The summed E-state index contributed by atoms with van der Waals surface area (Å²) in [6.45, 7) is 8.68. The van der Waals surface area contributed by atoms with Gasteiger partial charge in [0.2, 0.25) is 5.91 Å². The summed E-state index contributed by atoms with van der Waals surface area (Å²) >= 11 is 0. The Morgan fingerprint density at radius 1 is 0.861 bits per heavy atom. The van der Waals surface area contributed by atoms with Crippen LogP contribution in [0.15, 0.2) is 72.9 Å². The Balaban J connectivity index is 1.67. The smallest absolute Gasteiger partial charge is 0.260 e. The van der Waals surface area contributed by atoms with Gasteiger partial charge < -0.3 is 19.1 Å². The zero-order valence-corrected chi connectivity index (χ0v) is 21.9. The van der Waals surface area contributed by atoms with Crippen LogP contribution in [0.25, 0.3) is 0 Å². The van der Waals surface area contributed by atoms with Crippen molar-refractivity contribution in [1.82, 2.24) is 14.4 Å². The molecule has 6 nitrogen and oxygen atoms in total. The van der Waals surface area contributed by atoms with Gasteiger partial charge in [0, 0.05) is 31.5 Å². The highest BCUT2D eigenvalue weighted by atomic mass is 16.5. The standard InChI is InChI=1S/C30H39N3O3/c1-4-6-18-33(22-27-14-11-19-31(27)21-26-13-10-12-25(3)20-26)29(34)23-32(17-5-2)30(35)24-36-28-15-8-7-9-16-28/h7-16,19-20H,4-6,17-18,21-24H2,1-3H3. The quantitative estimate of drug-likeness (QED) is 0.309. The largest absolute Gasteiger partial charge is 0.484 e. The number of ether oxygens (including phenoxy) is 1. The summed E-state index contributed by atoms with van der Waals surface area (Å²) in [5, 5.41) is 0. The average Bonchev–Trinajstić information content (AvgIpc) is 3.31. The third kappa shape index (κ3) is 8.29. The van der Waals surface area contributed by atoms with E-state index in [-0.39, 0.29) is 25.0 Å². The minimum Gasteiger partial charge on any atom is -0.484 e. The minimum absolute atomic E-state index is 0.0340. The molecule has 36 heavy (non-hydrogen) atoms. The summed E-state index contributed by atoms with van der Waals surface area (Å²) in [7, 11) is 0. The van der Waals surface area contributed by atoms with Gasteiger partial charge in [0.05, 0.1) is 13.1 Å². The van der Waals surface area contributed by atoms with Crippen molar-refractivity contribution in [3.63, 3.8) is 0 Å². The maximum atomic E-state index is 13.4. The van der Waals surface area contributed by atoms with E-state index in [1.165, 1.54) is 11.1 Å². The lowest BCUT2D eigenvalue weighted by Gasteiger charge is -2.28. The molecule has 0 aliphatic rings. The van der Waals surface area contributed by atoms with Crippen LogP contribution < -0.4 is 4.74 Å². The van der Waals surface area contributed by atoms with Gasteiger partial charge in [-0.25, -0.2) is 0 Å². The second-order valence-electron chi connectivity index (χ2n) is 9.20. The lowest BCUT2D eigenvalue weighted by Crippen LogP contribution is -2.45. The number of carbonyl (C=O) groups is 2. The van der Waals surface area contributed by atoms with Gasteiger partial charge in [-0.15, -0.1) is 0 Å². The van der Waals surface area contributed by atoms with Crippen molar-refractivity contribution in [2.45, 2.75) is 53.1 Å². The van der Waals surface area contributed by atoms with Crippen LogP contribution in [0.5, 0.6) is 5.75 Å². The Bertz CT molecular complexity index is 1090. The van der Waals surface area contributed by atoms with Crippen molar-refractivity contribution < 1.29 is 14.3 Å². The van der Waals surface area contributed by atoms with E-state index in [0.717, 1.165) is 31.5 Å². The summed E-state index contributed by atoms with van der Waals surface area (Å²) < 4.78 is 7.85. The summed E-state index contributed by atoms with van der Waals surface area (Å²) in [4.78, 5) is 29.9. The molecule has 0 atom stereocenters. The zero-order valence-electron chi connectivity index (χ0n) is 21.9. The second-order valence-corrected chi connectivity index (χ2v) is 9.20. The highest BCUT2D eigenvalue weighted by molar-refractivity contribution is 5.85. The first kappa shape index (κ1) is 27.1. The first-order chi connectivity index (χ1) is 17.5. The molecule has 0 spiro atoms. The van der Waals surface area contributed by atoms with Crippen LogP contribution in [0, 0.1) is 6.92 Å². The molecule has 0 saturated carbocycles. The van der Waals surface area contributed by atoms with Gasteiger partial charge >= 0.3 is 0 Å². The normalized spacial score (nSPS) is 10.8. The molecule has 6 heteroatoms. The number of hydrogen-bond acceptors (Lipinski definition) is 3. The number of amides is 2. The van der Waals surface area contributed by atoms with Gasteiger partial charge in [-0.1, -0.05) is 68.3 Å². The molecule has 0 aliphatic carbocycles. The van der Waals surface area contributed by atoms with E-state index < -0.39 is 0 Å². The van der Waals surface area contributed by atoms with E-state index in [1.807, 2.05) is 48.2 Å². The molecule has 3 aromatic rings. The molecular formula is C30H39N3O3. The summed E-state index contributed by atoms with van der Waals surface area (Å²) in [5.74, 6) is 0.438. The number of hydrogen-bond donors (Lipinski definition) is 0.